The normalized spacial score (nSPS) is 17.1. The van der Waals surface area contributed by atoms with Gasteiger partial charge in [-0.2, -0.15) is 0 Å². The van der Waals surface area contributed by atoms with E-state index in [0.717, 1.165) is 63.5 Å². The van der Waals surface area contributed by atoms with E-state index in [9.17, 15) is 4.79 Å². The minimum Gasteiger partial charge on any atom is -0.497 e. The molecule has 2 aliphatic heterocycles. The average Bonchev–Trinajstić information content (AvgIpc) is 3.62. The van der Waals surface area contributed by atoms with Crippen molar-refractivity contribution >= 4 is 27.3 Å². The number of amides is 1. The zero-order chi connectivity index (χ0) is 23.8. The Balaban J connectivity index is 1.10. The first-order chi connectivity index (χ1) is 17.2. The lowest BCUT2D eigenvalue weighted by Crippen LogP contribution is -2.43. The van der Waals surface area contributed by atoms with Gasteiger partial charge in [0, 0.05) is 25.2 Å². The lowest BCUT2D eigenvalue weighted by atomic mass is 9.97. The Morgan fingerprint density at radius 1 is 1.20 bits per heavy atom. The predicted octanol–water partition coefficient (Wildman–Crippen LogP) is 3.73. The van der Waals surface area contributed by atoms with Crippen LogP contribution in [0.5, 0.6) is 17.2 Å². The van der Waals surface area contributed by atoms with Gasteiger partial charge in [0.15, 0.2) is 11.5 Å². The number of hydrogen-bond acceptors (Lipinski definition) is 8. The maximum absolute atomic E-state index is 12.9. The second kappa shape index (κ2) is 9.10. The molecule has 1 amide bonds. The van der Waals surface area contributed by atoms with Gasteiger partial charge in [0.25, 0.3) is 0 Å². The Morgan fingerprint density at radius 2 is 2.06 bits per heavy atom. The van der Waals surface area contributed by atoms with Crippen LogP contribution in [-0.2, 0) is 11.3 Å². The molecule has 4 aromatic rings. The highest BCUT2D eigenvalue weighted by Crippen LogP contribution is 2.33. The molecule has 2 aromatic carbocycles. The Labute approximate surface area is 206 Å². The fourth-order valence-corrected chi connectivity index (χ4v) is 5.39. The third-order valence-corrected chi connectivity index (χ3v) is 7.37. The van der Waals surface area contributed by atoms with Crippen LogP contribution in [0.2, 0.25) is 0 Å². The fraction of sp³-hybridized carbons (Fsp3) is 0.320. The molecule has 0 radical (unpaired) electrons. The first kappa shape index (κ1) is 21.7. The zero-order valence-corrected chi connectivity index (χ0v) is 20.1. The molecule has 9 nitrogen and oxygen atoms in total. The minimum atomic E-state index is -0.0798. The number of fused-ring (bicyclic) bond motifs is 2. The van der Waals surface area contributed by atoms with Crippen LogP contribution in [0.25, 0.3) is 16.2 Å². The van der Waals surface area contributed by atoms with Crippen LogP contribution >= 0.6 is 11.3 Å². The average molecular weight is 492 g/mol. The number of methoxy groups -OCH3 is 1. The van der Waals surface area contributed by atoms with E-state index in [2.05, 4.69) is 10.2 Å². The molecule has 4 heterocycles. The van der Waals surface area contributed by atoms with Gasteiger partial charge in [-0.1, -0.05) is 17.4 Å². The molecule has 1 atom stereocenters. The molecule has 6 rings (SSSR count). The molecule has 0 aliphatic carbocycles. The van der Waals surface area contributed by atoms with Crippen molar-refractivity contribution in [2.45, 2.75) is 19.4 Å². The monoisotopic (exact) mass is 491 g/mol. The van der Waals surface area contributed by atoms with Crippen molar-refractivity contribution in [2.24, 2.45) is 5.92 Å². The summed E-state index contributed by atoms with van der Waals surface area (Å²) in [6.45, 7) is 2.24. The van der Waals surface area contributed by atoms with Gasteiger partial charge in [-0.05, 0) is 54.8 Å². The number of hydrogen-bond donors (Lipinski definition) is 1. The van der Waals surface area contributed by atoms with Gasteiger partial charge in [-0.25, -0.2) is 9.50 Å². The zero-order valence-electron chi connectivity index (χ0n) is 19.3. The van der Waals surface area contributed by atoms with E-state index >= 15 is 0 Å². The summed E-state index contributed by atoms with van der Waals surface area (Å²) < 4.78 is 17.8. The summed E-state index contributed by atoms with van der Waals surface area (Å²) in [5.41, 5.74) is 2.88. The van der Waals surface area contributed by atoms with Crippen LogP contribution in [0.4, 0.5) is 5.13 Å². The summed E-state index contributed by atoms with van der Waals surface area (Å²) >= 11 is 1.55. The van der Waals surface area contributed by atoms with Crippen molar-refractivity contribution in [3.05, 3.63) is 54.2 Å². The summed E-state index contributed by atoms with van der Waals surface area (Å²) in [5.74, 6) is 2.27. The molecule has 1 N–H and O–H groups in total. The van der Waals surface area contributed by atoms with E-state index in [1.165, 1.54) is 0 Å². The van der Waals surface area contributed by atoms with Gasteiger partial charge < -0.3 is 24.4 Å². The Kier molecular flexibility index (Phi) is 5.65. The summed E-state index contributed by atoms with van der Waals surface area (Å²) in [6, 6.07) is 13.6. The van der Waals surface area contributed by atoms with E-state index in [1.54, 1.807) is 18.4 Å². The SMILES string of the molecule is COc1ccc(-c2cn3nc(N4CCCC(C(=O)NCc5ccc6c(c5)OCO6)C4)sc3n2)cc1. The van der Waals surface area contributed by atoms with Gasteiger partial charge in [0.05, 0.1) is 24.9 Å². The molecule has 1 unspecified atom stereocenters. The Hall–Kier alpha value is -3.79. The van der Waals surface area contributed by atoms with Crippen molar-refractivity contribution in [2.75, 3.05) is 31.9 Å². The Bertz CT molecular complexity index is 1330. The van der Waals surface area contributed by atoms with E-state index in [1.807, 2.05) is 53.2 Å². The molecule has 0 bridgehead atoms. The maximum Gasteiger partial charge on any atom is 0.231 e. The molecule has 180 valence electrons. The van der Waals surface area contributed by atoms with Crippen molar-refractivity contribution in [3.8, 4) is 28.5 Å². The Morgan fingerprint density at radius 3 is 2.89 bits per heavy atom. The molecule has 0 spiro atoms. The van der Waals surface area contributed by atoms with Crippen LogP contribution in [0.1, 0.15) is 18.4 Å². The largest absolute Gasteiger partial charge is 0.497 e. The van der Waals surface area contributed by atoms with Gasteiger partial charge >= 0.3 is 0 Å². The number of carbonyl (C=O) groups excluding carboxylic acids is 1. The second-order valence-corrected chi connectivity index (χ2v) is 9.59. The molecular formula is C25H25N5O4S. The smallest absolute Gasteiger partial charge is 0.231 e. The van der Waals surface area contributed by atoms with Gasteiger partial charge in [-0.3, -0.25) is 4.79 Å². The van der Waals surface area contributed by atoms with Crippen molar-refractivity contribution in [1.82, 2.24) is 19.9 Å². The number of nitrogens with one attached hydrogen (secondary N) is 1. The van der Waals surface area contributed by atoms with Gasteiger partial charge in [0.1, 0.15) is 5.75 Å². The molecule has 35 heavy (non-hydrogen) atoms. The number of rotatable bonds is 6. The second-order valence-electron chi connectivity index (χ2n) is 8.66. The van der Waals surface area contributed by atoms with Crippen LogP contribution in [0, 0.1) is 5.92 Å². The highest BCUT2D eigenvalue weighted by molar-refractivity contribution is 7.20. The van der Waals surface area contributed by atoms with Crippen molar-refractivity contribution < 1.29 is 19.0 Å². The third kappa shape index (κ3) is 4.37. The maximum atomic E-state index is 12.9. The quantitative estimate of drug-likeness (QED) is 0.440. The summed E-state index contributed by atoms with van der Waals surface area (Å²) in [5, 5.41) is 8.73. The standard InChI is InChI=1S/C25H25N5O4S/c1-32-19-7-5-17(6-8-19)20-14-30-24(27-20)35-25(28-30)29-10-2-3-18(13-29)23(31)26-12-16-4-9-21-22(11-16)34-15-33-21/h4-9,11,14,18H,2-3,10,12-13,15H2,1H3,(H,26,31). The topological polar surface area (TPSA) is 90.2 Å². The van der Waals surface area contributed by atoms with Crippen LogP contribution < -0.4 is 24.4 Å². The molecule has 2 aromatic heterocycles. The predicted molar refractivity (Wildman–Crippen MR) is 132 cm³/mol. The van der Waals surface area contributed by atoms with E-state index in [0.29, 0.717) is 13.1 Å². The first-order valence-corrected chi connectivity index (χ1v) is 12.4. The highest BCUT2D eigenvalue weighted by atomic mass is 32.1. The number of aromatic nitrogens is 3. The number of benzene rings is 2. The molecule has 10 heteroatoms. The molecular weight excluding hydrogens is 466 g/mol. The minimum absolute atomic E-state index is 0.0653. The highest BCUT2D eigenvalue weighted by Gasteiger charge is 2.28. The summed E-state index contributed by atoms with van der Waals surface area (Å²) in [4.78, 5) is 20.7. The fourth-order valence-electron chi connectivity index (χ4n) is 4.47. The number of nitrogens with zero attached hydrogens (tertiary/aromatic N) is 4. The van der Waals surface area contributed by atoms with Crippen LogP contribution in [0.3, 0.4) is 0 Å². The van der Waals surface area contributed by atoms with E-state index < -0.39 is 0 Å². The van der Waals surface area contributed by atoms with Crippen LogP contribution in [0.15, 0.2) is 48.7 Å². The summed E-state index contributed by atoms with van der Waals surface area (Å²) in [6.07, 6.45) is 3.76. The lowest BCUT2D eigenvalue weighted by molar-refractivity contribution is -0.125. The third-order valence-electron chi connectivity index (χ3n) is 6.38. The molecule has 0 saturated carbocycles. The molecule has 1 saturated heterocycles. The number of carbonyl (C=O) groups is 1. The number of piperidine rings is 1. The van der Waals surface area contributed by atoms with Gasteiger partial charge in [-0.15, -0.1) is 5.10 Å². The molecule has 2 aliphatic rings. The lowest BCUT2D eigenvalue weighted by Gasteiger charge is -2.31. The van der Waals surface area contributed by atoms with E-state index in [4.69, 9.17) is 24.3 Å². The van der Waals surface area contributed by atoms with Crippen LogP contribution in [-0.4, -0.2) is 47.5 Å². The van der Waals surface area contributed by atoms with Gasteiger partial charge in [0.2, 0.25) is 22.8 Å². The van der Waals surface area contributed by atoms with Crippen molar-refractivity contribution in [3.63, 3.8) is 0 Å². The summed E-state index contributed by atoms with van der Waals surface area (Å²) in [7, 11) is 1.65. The number of imidazole rings is 1. The number of ether oxygens (including phenoxy) is 3. The van der Waals surface area contributed by atoms with E-state index in [-0.39, 0.29) is 18.6 Å². The first-order valence-electron chi connectivity index (χ1n) is 11.6. The number of anilines is 1. The van der Waals surface area contributed by atoms with Crippen molar-refractivity contribution in [1.29, 1.82) is 0 Å². The molecule has 1 fully saturated rings.